The second-order valence-corrected chi connectivity index (χ2v) is 15.6. The summed E-state index contributed by atoms with van der Waals surface area (Å²) in [6.45, 7) is 5.44. The highest BCUT2D eigenvalue weighted by Crippen LogP contribution is 2.38. The van der Waals surface area contributed by atoms with Gasteiger partial charge in [-0.05, 0) is 74.1 Å². The minimum atomic E-state index is -4.18. The van der Waals surface area contributed by atoms with E-state index < -0.39 is 57.3 Å². The van der Waals surface area contributed by atoms with Gasteiger partial charge >= 0.3 is 0 Å². The Morgan fingerprint density at radius 3 is 2.44 bits per heavy atom. The number of carbonyl (C=O) groups excluding carboxylic acids is 4. The highest BCUT2D eigenvalue weighted by molar-refractivity contribution is 7.89. The van der Waals surface area contributed by atoms with E-state index in [0.29, 0.717) is 22.9 Å². The summed E-state index contributed by atoms with van der Waals surface area (Å²) >= 11 is 6.23. The fraction of sp³-hybridized carbons (Fsp3) is 0.486. The van der Waals surface area contributed by atoms with E-state index in [0.717, 1.165) is 18.4 Å². The summed E-state index contributed by atoms with van der Waals surface area (Å²) in [5.41, 5.74) is 3.03. The zero-order chi connectivity index (χ0) is 36.2. The Morgan fingerprint density at radius 2 is 1.82 bits per heavy atom. The monoisotopic (exact) mass is 729 g/mol. The van der Waals surface area contributed by atoms with Gasteiger partial charge < -0.3 is 20.3 Å². The van der Waals surface area contributed by atoms with Crippen LogP contribution in [0.2, 0.25) is 5.02 Å². The average molecular weight is 730 g/mol. The van der Waals surface area contributed by atoms with Crippen LogP contribution in [0.5, 0.6) is 5.75 Å². The molecular formula is C35H44ClN5O8S. The number of nitrogens with one attached hydrogen (secondary N) is 4. The van der Waals surface area contributed by atoms with E-state index in [1.165, 1.54) is 36.3 Å². The summed E-state index contributed by atoms with van der Waals surface area (Å²) in [6, 6.07) is 9.29. The van der Waals surface area contributed by atoms with Crippen molar-refractivity contribution >= 4 is 50.8 Å². The number of halogens is 1. The van der Waals surface area contributed by atoms with Gasteiger partial charge in [-0.25, -0.2) is 8.42 Å². The molecule has 2 aromatic carbocycles. The molecule has 4 atom stereocenters. The Morgan fingerprint density at radius 1 is 1.10 bits per heavy atom. The van der Waals surface area contributed by atoms with Crippen molar-refractivity contribution in [1.29, 1.82) is 0 Å². The van der Waals surface area contributed by atoms with Gasteiger partial charge in [0.25, 0.3) is 5.91 Å². The molecule has 2 fully saturated rings. The van der Waals surface area contributed by atoms with Crippen LogP contribution < -0.4 is 25.6 Å². The van der Waals surface area contributed by atoms with Crippen molar-refractivity contribution in [2.24, 2.45) is 5.92 Å². The first kappa shape index (κ1) is 37.3. The highest BCUT2D eigenvalue weighted by atomic mass is 35.5. The fourth-order valence-electron chi connectivity index (χ4n) is 6.17. The molecular weight excluding hydrogens is 686 g/mol. The molecule has 4 N–H and O–H groups in total. The van der Waals surface area contributed by atoms with Gasteiger partial charge in [-0.15, -0.1) is 0 Å². The van der Waals surface area contributed by atoms with E-state index in [-0.39, 0.29) is 42.7 Å². The maximum atomic E-state index is 14.5. The Hall–Kier alpha value is -3.98. The molecule has 5 rings (SSSR count). The number of sulfonamides is 1. The predicted molar refractivity (Wildman–Crippen MR) is 186 cm³/mol. The van der Waals surface area contributed by atoms with Crippen molar-refractivity contribution in [2.75, 3.05) is 13.7 Å². The van der Waals surface area contributed by atoms with Gasteiger partial charge in [0.05, 0.1) is 30.3 Å². The number of benzene rings is 2. The van der Waals surface area contributed by atoms with Gasteiger partial charge in [-0.1, -0.05) is 50.9 Å². The molecule has 1 saturated heterocycles. The maximum Gasteiger partial charge on any atom is 0.289 e. The van der Waals surface area contributed by atoms with Crippen LogP contribution in [0.15, 0.2) is 59.5 Å². The van der Waals surface area contributed by atoms with Crippen LogP contribution in [0.1, 0.15) is 64.9 Å². The highest BCUT2D eigenvalue weighted by Gasteiger charge is 2.53. The molecule has 15 heteroatoms. The Balaban J connectivity index is 1.45. The van der Waals surface area contributed by atoms with Crippen molar-refractivity contribution in [3.8, 4) is 5.75 Å². The van der Waals surface area contributed by atoms with E-state index in [1.54, 1.807) is 24.3 Å². The minimum absolute atomic E-state index is 0.0113. The van der Waals surface area contributed by atoms with Crippen LogP contribution in [0.4, 0.5) is 0 Å². The molecule has 0 radical (unpaired) electrons. The van der Waals surface area contributed by atoms with Crippen molar-refractivity contribution in [3.63, 3.8) is 0 Å². The Kier molecular flexibility index (Phi) is 11.6. The van der Waals surface area contributed by atoms with Crippen molar-refractivity contribution < 1.29 is 37.2 Å². The molecule has 1 aliphatic carbocycles. The first-order valence-corrected chi connectivity index (χ1v) is 18.6. The Bertz CT molecular complexity index is 1750. The summed E-state index contributed by atoms with van der Waals surface area (Å²) in [5.74, 6) is -2.45. The summed E-state index contributed by atoms with van der Waals surface area (Å²) in [6.07, 6.45) is 4.21. The number of carbonyl (C=O) groups is 4. The lowest BCUT2D eigenvalue weighted by molar-refractivity contribution is -0.143. The molecule has 0 bridgehead atoms. The maximum absolute atomic E-state index is 14.5. The third-order valence-corrected chi connectivity index (χ3v) is 10.6. The molecule has 2 aliphatic heterocycles. The molecule has 1 spiro atoms. The molecule has 0 aromatic heterocycles. The molecule has 50 heavy (non-hydrogen) atoms. The summed E-state index contributed by atoms with van der Waals surface area (Å²) in [5, 5.41) is 5.92. The number of Topliss-reactive ketones (excluding diaryl/α,β-unsaturated/α-hetero) is 1. The first-order chi connectivity index (χ1) is 23.7. The Labute approximate surface area is 297 Å². The number of hydrogen-bond acceptors (Lipinski definition) is 9. The van der Waals surface area contributed by atoms with E-state index in [2.05, 4.69) is 20.8 Å². The SMILES string of the molecule is CCC[C@H](NC(=O)[C@@H]1C[C@]2(C=C(c3cccc(Cl)c3)NO2)CN1C(=O)[C@H](CC(C)C)NS(=O)(=O)c1ccc(OC)cc1)C(=O)C(=O)NC1CC1. The van der Waals surface area contributed by atoms with Gasteiger partial charge in [0.15, 0.2) is 0 Å². The molecule has 13 nitrogen and oxygen atoms in total. The topological polar surface area (TPSA) is 172 Å². The lowest BCUT2D eigenvalue weighted by Gasteiger charge is -2.30. The molecule has 3 aliphatic rings. The van der Waals surface area contributed by atoms with E-state index in [1.807, 2.05) is 26.8 Å². The minimum Gasteiger partial charge on any atom is -0.497 e. The second-order valence-electron chi connectivity index (χ2n) is 13.5. The second kappa shape index (κ2) is 15.5. The number of hydroxylamine groups is 1. The van der Waals surface area contributed by atoms with Gasteiger partial charge in [0, 0.05) is 23.0 Å². The zero-order valence-corrected chi connectivity index (χ0v) is 30.1. The van der Waals surface area contributed by atoms with Gasteiger partial charge in [-0.2, -0.15) is 4.72 Å². The summed E-state index contributed by atoms with van der Waals surface area (Å²) in [7, 11) is -2.71. The van der Waals surface area contributed by atoms with Gasteiger partial charge in [0.1, 0.15) is 23.4 Å². The van der Waals surface area contributed by atoms with Crippen LogP contribution in [0.25, 0.3) is 5.70 Å². The van der Waals surface area contributed by atoms with Crippen LogP contribution in [0.3, 0.4) is 0 Å². The number of rotatable bonds is 15. The molecule has 3 amide bonds. The molecule has 1 saturated carbocycles. The number of methoxy groups -OCH3 is 1. The van der Waals surface area contributed by atoms with Crippen molar-refractivity contribution in [3.05, 3.63) is 65.2 Å². The summed E-state index contributed by atoms with van der Waals surface area (Å²) in [4.78, 5) is 61.7. The first-order valence-electron chi connectivity index (χ1n) is 16.8. The van der Waals surface area contributed by atoms with E-state index in [4.69, 9.17) is 21.2 Å². The predicted octanol–water partition coefficient (Wildman–Crippen LogP) is 3.09. The van der Waals surface area contributed by atoms with E-state index in [9.17, 15) is 27.6 Å². The molecule has 2 heterocycles. The van der Waals surface area contributed by atoms with Crippen LogP contribution in [-0.4, -0.2) is 80.2 Å². The number of ketones is 1. The standard InChI is InChI=1S/C35H44ClN5O8S/c1-5-7-27(31(42)33(44)37-24-10-11-24)38-32(43)30-19-35(18-29(39-49-35)22-8-6-9-23(36)17-22)20-41(30)34(45)28(16-21(2)3)40-50(46,47)26-14-12-25(48-4)13-15-26/h6,8-9,12-15,17-18,21,24,27-28,30,39-40H,5,7,10-11,16,19-20H2,1-4H3,(H,37,44)(H,38,43)/t27-,28-,30-,35+/m0/s1. The number of hydrogen-bond donors (Lipinski definition) is 4. The number of ether oxygens (including phenoxy) is 1. The quantitative estimate of drug-likeness (QED) is 0.201. The smallest absolute Gasteiger partial charge is 0.289 e. The van der Waals surface area contributed by atoms with Crippen LogP contribution in [0, 0.1) is 5.92 Å². The van der Waals surface area contributed by atoms with Gasteiger partial charge in [-0.3, -0.25) is 29.5 Å². The molecule has 270 valence electrons. The summed E-state index contributed by atoms with van der Waals surface area (Å²) < 4.78 is 34.8. The third-order valence-electron chi connectivity index (χ3n) is 8.87. The van der Waals surface area contributed by atoms with Crippen LogP contribution >= 0.6 is 11.6 Å². The largest absolute Gasteiger partial charge is 0.497 e. The average Bonchev–Trinajstić information content (AvgIpc) is 3.68. The third kappa shape index (κ3) is 8.84. The van der Waals surface area contributed by atoms with Crippen LogP contribution in [-0.2, 0) is 34.0 Å². The van der Waals surface area contributed by atoms with Crippen molar-refractivity contribution in [1.82, 2.24) is 25.7 Å². The lowest BCUT2D eigenvalue weighted by atomic mass is 9.97. The zero-order valence-electron chi connectivity index (χ0n) is 28.5. The van der Waals surface area contributed by atoms with Crippen molar-refractivity contribution in [2.45, 2.75) is 94.0 Å². The normalized spacial score (nSPS) is 21.4. The molecule has 2 aromatic rings. The number of amides is 3. The van der Waals surface area contributed by atoms with E-state index >= 15 is 0 Å². The number of nitrogens with zero attached hydrogens (tertiary/aromatic N) is 1. The number of likely N-dealkylation sites (tertiary alicyclic amines) is 1. The molecule has 0 unspecified atom stereocenters. The van der Waals surface area contributed by atoms with Gasteiger partial charge in [0.2, 0.25) is 27.6 Å². The lowest BCUT2D eigenvalue weighted by Crippen LogP contribution is -2.56. The fourth-order valence-corrected chi connectivity index (χ4v) is 7.56.